The molecule has 0 aliphatic carbocycles. The van der Waals surface area contributed by atoms with Crippen molar-refractivity contribution in [1.29, 1.82) is 0 Å². The van der Waals surface area contributed by atoms with Crippen molar-refractivity contribution >= 4 is 21.6 Å². The number of fused-ring (bicyclic) bond motifs is 1. The van der Waals surface area contributed by atoms with E-state index in [9.17, 15) is 18.8 Å². The number of hydrogen-bond donors (Lipinski definition) is 0. The summed E-state index contributed by atoms with van der Waals surface area (Å²) in [6.45, 7) is 8.17. The van der Waals surface area contributed by atoms with E-state index in [2.05, 4.69) is 11.7 Å². The van der Waals surface area contributed by atoms with E-state index in [1.165, 1.54) is 15.6 Å². The molecule has 0 fully saturated rings. The van der Waals surface area contributed by atoms with Gasteiger partial charge in [0.25, 0.3) is 5.56 Å². The third-order valence-corrected chi connectivity index (χ3v) is 5.69. The van der Waals surface area contributed by atoms with E-state index < -0.39 is 24.1 Å². The van der Waals surface area contributed by atoms with Gasteiger partial charge in [0.15, 0.2) is 6.80 Å². The highest BCUT2D eigenvalue weighted by Gasteiger charge is 2.21. The molecule has 0 saturated carbocycles. The van der Waals surface area contributed by atoms with E-state index in [0.717, 1.165) is 20.5 Å². The molecule has 0 N–H and O–H groups in total. The third-order valence-electron chi connectivity index (χ3n) is 4.39. The summed E-state index contributed by atoms with van der Waals surface area (Å²) in [5.74, 6) is 0. The lowest BCUT2D eigenvalue weighted by Crippen LogP contribution is -2.40. The topological polar surface area (TPSA) is 83.8 Å². The summed E-state index contributed by atoms with van der Waals surface area (Å²) < 4.78 is 18.3. The molecule has 8 nitrogen and oxygen atoms in total. The van der Waals surface area contributed by atoms with Crippen molar-refractivity contribution < 1.29 is 4.39 Å². The maximum atomic E-state index is 13.6. The van der Waals surface area contributed by atoms with Gasteiger partial charge in [-0.2, -0.15) is 5.10 Å². The zero-order valence-electron chi connectivity index (χ0n) is 15.3. The van der Waals surface area contributed by atoms with Crippen LogP contribution < -0.4 is 16.9 Å². The van der Waals surface area contributed by atoms with Crippen LogP contribution in [0.3, 0.4) is 0 Å². The van der Waals surface area contributed by atoms with Gasteiger partial charge in [-0.05, 0) is 26.3 Å². The molecule has 3 rings (SSSR count). The van der Waals surface area contributed by atoms with Crippen molar-refractivity contribution in [2.24, 2.45) is 0 Å². The van der Waals surface area contributed by atoms with Crippen molar-refractivity contribution in [1.82, 2.24) is 23.5 Å². The molecule has 0 spiro atoms. The smallest absolute Gasteiger partial charge is 0.278 e. The summed E-state index contributed by atoms with van der Waals surface area (Å²) in [6.07, 6.45) is 3.00. The lowest BCUT2D eigenvalue weighted by molar-refractivity contribution is 0.361. The molecule has 0 aliphatic rings. The van der Waals surface area contributed by atoms with Crippen LogP contribution in [-0.2, 0) is 19.9 Å². The minimum Gasteiger partial charge on any atom is -0.278 e. The van der Waals surface area contributed by atoms with Crippen molar-refractivity contribution in [3.05, 3.63) is 60.7 Å². The Labute approximate surface area is 157 Å². The molecule has 0 aromatic carbocycles. The Balaban J connectivity index is 2.22. The van der Waals surface area contributed by atoms with Crippen LogP contribution in [0.1, 0.15) is 30.3 Å². The second-order valence-corrected chi connectivity index (χ2v) is 7.53. The number of thiophene rings is 1. The molecule has 0 radical (unpaired) electrons. The van der Waals surface area contributed by atoms with Crippen LogP contribution in [0.15, 0.2) is 33.4 Å². The molecule has 0 unspecified atom stereocenters. The molecule has 10 heteroatoms. The first-order chi connectivity index (χ1) is 12.8. The Bertz CT molecular complexity index is 1190. The van der Waals surface area contributed by atoms with Crippen LogP contribution in [-0.4, -0.2) is 23.5 Å². The zero-order valence-corrected chi connectivity index (χ0v) is 16.1. The molecule has 0 atom stereocenters. The van der Waals surface area contributed by atoms with Crippen molar-refractivity contribution in [2.45, 2.75) is 46.7 Å². The molecule has 27 heavy (non-hydrogen) atoms. The quantitative estimate of drug-likeness (QED) is 0.596. The maximum absolute atomic E-state index is 13.6. The molecule has 3 aromatic heterocycles. The normalized spacial score (nSPS) is 11.6. The zero-order chi connectivity index (χ0) is 19.9. The summed E-state index contributed by atoms with van der Waals surface area (Å²) in [6, 6.07) is -0.396. The standard InChI is InChI=1S/C17H20FN5O3S/c1-5-6-20-9-19-22(16(20)25)7-12-11(4)13-14(24)23(10(2)3)17(26)21(8-18)15(13)27-12/h5,9-10H,1,6-8H2,2-4H3. The maximum Gasteiger partial charge on any atom is 0.346 e. The highest BCUT2D eigenvalue weighted by atomic mass is 32.1. The molecule has 3 aromatic rings. The second kappa shape index (κ2) is 7.10. The Morgan fingerprint density at radius 1 is 1.30 bits per heavy atom. The van der Waals surface area contributed by atoms with Gasteiger partial charge in [-0.25, -0.2) is 18.7 Å². The van der Waals surface area contributed by atoms with Crippen LogP contribution in [0.2, 0.25) is 0 Å². The molecule has 0 aliphatic heterocycles. The number of alkyl halides is 1. The average molecular weight is 393 g/mol. The molecule has 0 saturated heterocycles. The van der Waals surface area contributed by atoms with Gasteiger partial charge >= 0.3 is 11.4 Å². The van der Waals surface area contributed by atoms with Crippen LogP contribution in [0, 0.1) is 6.92 Å². The van der Waals surface area contributed by atoms with Crippen LogP contribution in [0.25, 0.3) is 10.2 Å². The lowest BCUT2D eigenvalue weighted by atomic mass is 10.2. The minimum atomic E-state index is -1.03. The summed E-state index contributed by atoms with van der Waals surface area (Å²) in [4.78, 5) is 38.6. The van der Waals surface area contributed by atoms with Crippen molar-refractivity contribution in [3.8, 4) is 0 Å². The lowest BCUT2D eigenvalue weighted by Gasteiger charge is -2.12. The number of nitrogens with zero attached hydrogens (tertiary/aromatic N) is 5. The van der Waals surface area contributed by atoms with E-state index in [4.69, 9.17) is 0 Å². The molecule has 0 amide bonds. The van der Waals surface area contributed by atoms with Crippen LogP contribution >= 0.6 is 11.3 Å². The monoisotopic (exact) mass is 393 g/mol. The van der Waals surface area contributed by atoms with Crippen molar-refractivity contribution in [3.63, 3.8) is 0 Å². The average Bonchev–Trinajstić information content (AvgIpc) is 3.10. The largest absolute Gasteiger partial charge is 0.346 e. The number of aryl methyl sites for hydroxylation is 1. The van der Waals surface area contributed by atoms with Gasteiger partial charge in [-0.15, -0.1) is 17.9 Å². The first-order valence-corrected chi connectivity index (χ1v) is 9.19. The number of rotatable bonds is 6. The third kappa shape index (κ3) is 2.99. The number of allylic oxidation sites excluding steroid dienone is 1. The molecule has 144 valence electrons. The van der Waals surface area contributed by atoms with E-state index in [1.807, 2.05) is 0 Å². The van der Waals surface area contributed by atoms with Crippen molar-refractivity contribution in [2.75, 3.05) is 0 Å². The number of hydrogen-bond acceptors (Lipinski definition) is 5. The van der Waals surface area contributed by atoms with Crippen LogP contribution in [0.4, 0.5) is 4.39 Å². The Hall–Kier alpha value is -2.75. The van der Waals surface area contributed by atoms with Gasteiger partial charge in [0, 0.05) is 17.5 Å². The van der Waals surface area contributed by atoms with E-state index in [-0.39, 0.29) is 17.1 Å². The molecular weight excluding hydrogens is 373 g/mol. The van der Waals surface area contributed by atoms with E-state index in [1.54, 1.807) is 26.8 Å². The highest BCUT2D eigenvalue weighted by molar-refractivity contribution is 7.18. The SMILES string of the molecule is C=CCn1cnn(Cc2sc3c(c2C)c(=O)n(C(C)C)c(=O)n3CF)c1=O. The number of aromatic nitrogens is 5. The first kappa shape index (κ1) is 19.0. The summed E-state index contributed by atoms with van der Waals surface area (Å²) in [5.41, 5.74) is -0.805. The highest BCUT2D eigenvalue weighted by Crippen LogP contribution is 2.28. The van der Waals surface area contributed by atoms with Gasteiger partial charge in [0.2, 0.25) is 0 Å². The first-order valence-electron chi connectivity index (χ1n) is 8.38. The molecular formula is C17H20FN5O3S. The fourth-order valence-electron chi connectivity index (χ4n) is 3.00. The van der Waals surface area contributed by atoms with E-state index >= 15 is 0 Å². The summed E-state index contributed by atoms with van der Waals surface area (Å²) in [5, 5.41) is 4.37. The van der Waals surface area contributed by atoms with Gasteiger partial charge in [-0.1, -0.05) is 6.08 Å². The van der Waals surface area contributed by atoms with Gasteiger partial charge in [-0.3, -0.25) is 18.5 Å². The predicted octanol–water partition coefficient (Wildman–Crippen LogP) is 1.63. The molecule has 0 bridgehead atoms. The minimum absolute atomic E-state index is 0.135. The van der Waals surface area contributed by atoms with Gasteiger partial charge < -0.3 is 0 Å². The summed E-state index contributed by atoms with van der Waals surface area (Å²) >= 11 is 1.13. The Morgan fingerprint density at radius 2 is 2.00 bits per heavy atom. The molecule has 3 heterocycles. The predicted molar refractivity (Wildman–Crippen MR) is 102 cm³/mol. The Morgan fingerprint density at radius 3 is 2.59 bits per heavy atom. The summed E-state index contributed by atoms with van der Waals surface area (Å²) in [7, 11) is 0. The fourth-order valence-corrected chi connectivity index (χ4v) is 4.26. The fraction of sp³-hybridized carbons (Fsp3) is 0.412. The van der Waals surface area contributed by atoms with Crippen LogP contribution in [0.5, 0.6) is 0 Å². The van der Waals surface area contributed by atoms with Gasteiger partial charge in [0.05, 0.1) is 11.9 Å². The Kier molecular flexibility index (Phi) is 5.01. The number of halogens is 1. The van der Waals surface area contributed by atoms with E-state index in [0.29, 0.717) is 22.4 Å². The van der Waals surface area contributed by atoms with Gasteiger partial charge in [0.1, 0.15) is 11.2 Å². The second-order valence-electron chi connectivity index (χ2n) is 6.44.